The van der Waals surface area contributed by atoms with Crippen molar-refractivity contribution >= 4 is 28.9 Å². The van der Waals surface area contributed by atoms with E-state index in [0.717, 1.165) is 73.2 Å². The van der Waals surface area contributed by atoms with Crippen LogP contribution in [-0.2, 0) is 13.6 Å². The first-order valence-corrected chi connectivity index (χ1v) is 13.0. The average molecular weight is 510 g/mol. The molecule has 0 unspecified atom stereocenters. The standard InChI is InChI=1S/C28H33ClFN5O/c1-32-20-21(19-31-23-10-12-34(13-11-23)26-5-3-2-4-25(26)29)18-27(32)28(36)35-16-14-33(15-17-35)24-8-6-22(30)7-9-24/h2-9,18,20,23,31H,10-17,19H2,1H3. The van der Waals surface area contributed by atoms with Crippen LogP contribution in [0.15, 0.2) is 60.8 Å². The number of nitrogens with one attached hydrogen (secondary N) is 1. The molecule has 3 aromatic rings. The Kier molecular flexibility index (Phi) is 7.48. The maximum absolute atomic E-state index is 13.2. The fourth-order valence-electron chi connectivity index (χ4n) is 5.22. The second-order valence-corrected chi connectivity index (χ2v) is 10.1. The molecule has 1 aromatic heterocycles. The van der Waals surface area contributed by atoms with Gasteiger partial charge < -0.3 is 24.6 Å². The van der Waals surface area contributed by atoms with Crippen LogP contribution in [-0.4, -0.2) is 60.7 Å². The molecule has 2 aromatic carbocycles. The molecular weight excluding hydrogens is 477 g/mol. The molecule has 190 valence electrons. The van der Waals surface area contributed by atoms with Crippen LogP contribution in [0.25, 0.3) is 0 Å². The molecular formula is C28H33ClFN5O. The Bertz CT molecular complexity index is 1180. The van der Waals surface area contributed by atoms with E-state index in [9.17, 15) is 9.18 Å². The Hall–Kier alpha value is -3.03. The molecule has 2 aliphatic rings. The quantitative estimate of drug-likeness (QED) is 0.530. The van der Waals surface area contributed by atoms with Gasteiger partial charge in [-0.2, -0.15) is 0 Å². The van der Waals surface area contributed by atoms with Gasteiger partial charge in [-0.25, -0.2) is 4.39 Å². The van der Waals surface area contributed by atoms with Gasteiger partial charge in [0.1, 0.15) is 11.5 Å². The molecule has 0 radical (unpaired) electrons. The van der Waals surface area contributed by atoms with Crippen LogP contribution in [0.4, 0.5) is 15.8 Å². The number of anilines is 2. The van der Waals surface area contributed by atoms with Crippen molar-refractivity contribution in [3.05, 3.63) is 82.9 Å². The van der Waals surface area contributed by atoms with E-state index in [0.29, 0.717) is 19.1 Å². The number of rotatable bonds is 6. The van der Waals surface area contributed by atoms with Gasteiger partial charge in [-0.1, -0.05) is 23.7 Å². The number of para-hydroxylation sites is 1. The van der Waals surface area contributed by atoms with Gasteiger partial charge in [-0.05, 0) is 60.9 Å². The number of carbonyl (C=O) groups is 1. The number of nitrogens with zero attached hydrogens (tertiary/aromatic N) is 4. The summed E-state index contributed by atoms with van der Waals surface area (Å²) in [6.07, 6.45) is 4.16. The first-order valence-electron chi connectivity index (χ1n) is 12.7. The first kappa shape index (κ1) is 24.7. The number of halogens is 2. The molecule has 0 bridgehead atoms. The van der Waals surface area contributed by atoms with Crippen LogP contribution >= 0.6 is 11.6 Å². The number of carbonyl (C=O) groups excluding carboxylic acids is 1. The van der Waals surface area contributed by atoms with Gasteiger partial charge in [0.05, 0.1) is 10.7 Å². The van der Waals surface area contributed by atoms with Crippen molar-refractivity contribution in [1.29, 1.82) is 0 Å². The van der Waals surface area contributed by atoms with E-state index in [1.165, 1.54) is 12.1 Å². The summed E-state index contributed by atoms with van der Waals surface area (Å²) in [5.41, 5.74) is 3.95. The van der Waals surface area contributed by atoms with Crippen molar-refractivity contribution in [1.82, 2.24) is 14.8 Å². The van der Waals surface area contributed by atoms with E-state index in [-0.39, 0.29) is 11.7 Å². The molecule has 3 heterocycles. The minimum atomic E-state index is -0.232. The average Bonchev–Trinajstić information content (AvgIpc) is 3.28. The van der Waals surface area contributed by atoms with Gasteiger partial charge in [-0.15, -0.1) is 0 Å². The highest BCUT2D eigenvalue weighted by Gasteiger charge is 2.25. The van der Waals surface area contributed by atoms with Crippen molar-refractivity contribution in [3.8, 4) is 0 Å². The zero-order chi connectivity index (χ0) is 25.1. The minimum Gasteiger partial charge on any atom is -0.370 e. The number of benzene rings is 2. The van der Waals surface area contributed by atoms with Crippen LogP contribution in [0.2, 0.25) is 5.02 Å². The summed E-state index contributed by atoms with van der Waals surface area (Å²) in [5, 5.41) is 4.49. The number of hydrogen-bond acceptors (Lipinski definition) is 4. The smallest absolute Gasteiger partial charge is 0.270 e. The van der Waals surface area contributed by atoms with Crippen molar-refractivity contribution in [2.24, 2.45) is 7.05 Å². The second kappa shape index (κ2) is 10.9. The van der Waals surface area contributed by atoms with Gasteiger partial charge in [0.25, 0.3) is 5.91 Å². The predicted octanol–water partition coefficient (Wildman–Crippen LogP) is 4.54. The third-order valence-corrected chi connectivity index (χ3v) is 7.64. The first-order chi connectivity index (χ1) is 17.5. The van der Waals surface area contributed by atoms with E-state index in [2.05, 4.69) is 21.2 Å². The summed E-state index contributed by atoms with van der Waals surface area (Å²) < 4.78 is 15.2. The molecule has 1 amide bonds. The summed E-state index contributed by atoms with van der Waals surface area (Å²) in [6, 6.07) is 17.0. The molecule has 0 spiro atoms. The maximum Gasteiger partial charge on any atom is 0.270 e. The van der Waals surface area contributed by atoms with E-state index in [1.54, 1.807) is 12.1 Å². The third kappa shape index (κ3) is 5.52. The Morgan fingerprint density at radius 2 is 1.67 bits per heavy atom. The molecule has 2 aliphatic heterocycles. The molecule has 5 rings (SSSR count). The monoisotopic (exact) mass is 509 g/mol. The number of hydrogen-bond donors (Lipinski definition) is 1. The van der Waals surface area contributed by atoms with E-state index < -0.39 is 0 Å². The van der Waals surface area contributed by atoms with Crippen molar-refractivity contribution in [2.75, 3.05) is 49.1 Å². The number of piperazine rings is 1. The lowest BCUT2D eigenvalue weighted by Crippen LogP contribution is -2.49. The summed E-state index contributed by atoms with van der Waals surface area (Å²) >= 11 is 6.37. The van der Waals surface area contributed by atoms with Crippen LogP contribution in [0.5, 0.6) is 0 Å². The highest BCUT2D eigenvalue weighted by Crippen LogP contribution is 2.28. The summed E-state index contributed by atoms with van der Waals surface area (Å²) in [5.74, 6) is -0.167. The number of amides is 1. The number of piperidine rings is 1. The molecule has 2 saturated heterocycles. The van der Waals surface area contributed by atoms with Gasteiger partial charge in [0.15, 0.2) is 0 Å². The van der Waals surface area contributed by atoms with E-state index in [1.807, 2.05) is 47.0 Å². The SMILES string of the molecule is Cn1cc(CNC2CCN(c3ccccc3Cl)CC2)cc1C(=O)N1CCN(c2ccc(F)cc2)CC1. The van der Waals surface area contributed by atoms with E-state index in [4.69, 9.17) is 11.6 Å². The van der Waals surface area contributed by atoms with Crippen molar-refractivity contribution in [2.45, 2.75) is 25.4 Å². The Labute approximate surface area is 217 Å². The molecule has 36 heavy (non-hydrogen) atoms. The van der Waals surface area contributed by atoms with Gasteiger partial charge in [0.2, 0.25) is 0 Å². The lowest BCUT2D eigenvalue weighted by atomic mass is 10.0. The Morgan fingerprint density at radius 1 is 0.972 bits per heavy atom. The number of aryl methyl sites for hydroxylation is 1. The molecule has 0 atom stereocenters. The zero-order valence-electron chi connectivity index (χ0n) is 20.7. The lowest BCUT2D eigenvalue weighted by Gasteiger charge is -2.36. The zero-order valence-corrected chi connectivity index (χ0v) is 21.4. The number of aromatic nitrogens is 1. The Balaban J connectivity index is 1.11. The fourth-order valence-corrected chi connectivity index (χ4v) is 5.47. The highest BCUT2D eigenvalue weighted by molar-refractivity contribution is 6.33. The Morgan fingerprint density at radius 3 is 2.36 bits per heavy atom. The van der Waals surface area contributed by atoms with Crippen molar-refractivity contribution in [3.63, 3.8) is 0 Å². The van der Waals surface area contributed by atoms with Crippen LogP contribution < -0.4 is 15.1 Å². The maximum atomic E-state index is 13.2. The lowest BCUT2D eigenvalue weighted by molar-refractivity contribution is 0.0737. The highest BCUT2D eigenvalue weighted by atomic mass is 35.5. The fraction of sp³-hybridized carbons (Fsp3) is 0.393. The normalized spacial score (nSPS) is 17.0. The molecule has 6 nitrogen and oxygen atoms in total. The van der Waals surface area contributed by atoms with Gasteiger partial charge >= 0.3 is 0 Å². The molecule has 1 N–H and O–H groups in total. The van der Waals surface area contributed by atoms with Crippen LogP contribution in [0, 0.1) is 5.82 Å². The van der Waals surface area contributed by atoms with E-state index >= 15 is 0 Å². The molecule has 8 heteroatoms. The largest absolute Gasteiger partial charge is 0.370 e. The molecule has 2 fully saturated rings. The van der Waals surface area contributed by atoms with Gasteiger partial charge in [0, 0.05) is 70.8 Å². The summed E-state index contributed by atoms with van der Waals surface area (Å²) in [4.78, 5) is 19.7. The predicted molar refractivity (Wildman–Crippen MR) is 143 cm³/mol. The third-order valence-electron chi connectivity index (χ3n) is 7.32. The summed E-state index contributed by atoms with van der Waals surface area (Å²) in [6.45, 7) is 5.48. The molecule has 0 saturated carbocycles. The van der Waals surface area contributed by atoms with Crippen LogP contribution in [0.3, 0.4) is 0 Å². The van der Waals surface area contributed by atoms with Crippen molar-refractivity contribution < 1.29 is 9.18 Å². The summed E-state index contributed by atoms with van der Waals surface area (Å²) in [7, 11) is 1.94. The van der Waals surface area contributed by atoms with Crippen LogP contribution in [0.1, 0.15) is 28.9 Å². The van der Waals surface area contributed by atoms with Gasteiger partial charge in [-0.3, -0.25) is 4.79 Å². The second-order valence-electron chi connectivity index (χ2n) is 9.69. The minimum absolute atomic E-state index is 0.0653. The topological polar surface area (TPSA) is 43.8 Å². The molecule has 0 aliphatic carbocycles.